The Bertz CT molecular complexity index is 471. The second kappa shape index (κ2) is 5.55. The van der Waals surface area contributed by atoms with Gasteiger partial charge in [0, 0.05) is 13.3 Å². The molecule has 2 heterocycles. The van der Waals surface area contributed by atoms with E-state index in [1.165, 1.54) is 19.5 Å². The molecule has 0 aliphatic heterocycles. The van der Waals surface area contributed by atoms with Crippen LogP contribution in [-0.2, 0) is 9.53 Å². The van der Waals surface area contributed by atoms with E-state index in [4.69, 9.17) is 13.6 Å². The van der Waals surface area contributed by atoms with Crippen molar-refractivity contribution in [1.82, 2.24) is 0 Å². The largest absolute Gasteiger partial charge is 0.467 e. The molecule has 0 saturated carbocycles. The van der Waals surface area contributed by atoms with Gasteiger partial charge < -0.3 is 18.7 Å². The van der Waals surface area contributed by atoms with E-state index < -0.39 is 18.2 Å². The van der Waals surface area contributed by atoms with Crippen LogP contribution in [0.5, 0.6) is 0 Å². The van der Waals surface area contributed by atoms with Gasteiger partial charge in [-0.05, 0) is 24.3 Å². The van der Waals surface area contributed by atoms with Gasteiger partial charge in [0.2, 0.25) is 0 Å². The first kappa shape index (κ1) is 12.4. The van der Waals surface area contributed by atoms with E-state index in [2.05, 4.69) is 0 Å². The Hall–Kier alpha value is -2.01. The fraction of sp³-hybridized carbons (Fsp3) is 0.308. The number of hydrogen-bond donors (Lipinski definition) is 1. The van der Waals surface area contributed by atoms with E-state index >= 15 is 0 Å². The second-order valence-electron chi connectivity index (χ2n) is 3.88. The summed E-state index contributed by atoms with van der Waals surface area (Å²) < 4.78 is 15.4. The number of furan rings is 2. The number of carbonyl (C=O) groups excluding carboxylic acids is 1. The normalized spacial score (nSPS) is 14.1. The molecule has 0 aliphatic carbocycles. The molecule has 2 atom stereocenters. The Labute approximate surface area is 104 Å². The minimum absolute atomic E-state index is 0.181. The van der Waals surface area contributed by atoms with Crippen molar-refractivity contribution < 1.29 is 23.5 Å². The van der Waals surface area contributed by atoms with Crippen molar-refractivity contribution in [2.24, 2.45) is 0 Å². The van der Waals surface area contributed by atoms with Gasteiger partial charge >= 0.3 is 5.97 Å². The van der Waals surface area contributed by atoms with Crippen LogP contribution in [0.2, 0.25) is 0 Å². The maximum Gasteiger partial charge on any atom is 0.303 e. The molecule has 0 saturated heterocycles. The Balaban J connectivity index is 2.08. The number of ether oxygens (including phenoxy) is 1. The fourth-order valence-electron chi connectivity index (χ4n) is 1.70. The number of hydrogen-bond acceptors (Lipinski definition) is 5. The molecule has 2 aromatic rings. The quantitative estimate of drug-likeness (QED) is 0.826. The Morgan fingerprint density at radius 1 is 1.28 bits per heavy atom. The highest BCUT2D eigenvalue weighted by molar-refractivity contribution is 5.66. The predicted molar refractivity (Wildman–Crippen MR) is 61.5 cm³/mol. The van der Waals surface area contributed by atoms with Gasteiger partial charge in [-0.3, -0.25) is 4.79 Å². The van der Waals surface area contributed by atoms with Crippen LogP contribution in [-0.4, -0.2) is 11.1 Å². The van der Waals surface area contributed by atoms with E-state index in [-0.39, 0.29) is 6.42 Å². The van der Waals surface area contributed by atoms with E-state index in [1.54, 1.807) is 24.3 Å². The number of carbonyl (C=O) groups is 1. The number of aliphatic hydroxyl groups is 1. The molecule has 2 aromatic heterocycles. The maximum absolute atomic E-state index is 11.0. The minimum atomic E-state index is -0.852. The van der Waals surface area contributed by atoms with E-state index in [0.29, 0.717) is 11.5 Å². The molecule has 5 nitrogen and oxygen atoms in total. The predicted octanol–water partition coefficient (Wildman–Crippen LogP) is 2.60. The lowest BCUT2D eigenvalue weighted by atomic mass is 10.1. The molecule has 2 rings (SSSR count). The molecule has 0 spiro atoms. The third-order valence-electron chi connectivity index (χ3n) is 2.48. The third kappa shape index (κ3) is 3.01. The lowest BCUT2D eigenvalue weighted by Gasteiger charge is -2.17. The highest BCUT2D eigenvalue weighted by atomic mass is 16.6. The average molecular weight is 250 g/mol. The van der Waals surface area contributed by atoms with Crippen LogP contribution >= 0.6 is 0 Å². The fourth-order valence-corrected chi connectivity index (χ4v) is 1.70. The molecule has 5 heteroatoms. The van der Waals surface area contributed by atoms with Crippen LogP contribution < -0.4 is 0 Å². The van der Waals surface area contributed by atoms with Gasteiger partial charge in [0.05, 0.1) is 12.5 Å². The van der Waals surface area contributed by atoms with E-state index in [1.807, 2.05) is 0 Å². The van der Waals surface area contributed by atoms with Gasteiger partial charge in [-0.15, -0.1) is 0 Å². The molecule has 0 aromatic carbocycles. The van der Waals surface area contributed by atoms with E-state index in [0.717, 1.165) is 0 Å². The number of aliphatic hydroxyl groups excluding tert-OH is 1. The van der Waals surface area contributed by atoms with Crippen molar-refractivity contribution in [1.29, 1.82) is 0 Å². The van der Waals surface area contributed by atoms with Gasteiger partial charge in [0.25, 0.3) is 0 Å². The minimum Gasteiger partial charge on any atom is -0.467 e. The SMILES string of the molecule is CC(=O)O[C@H](C[C@@H](O)c1ccco1)c1ccco1. The first-order valence-electron chi connectivity index (χ1n) is 5.59. The summed E-state index contributed by atoms with van der Waals surface area (Å²) in [7, 11) is 0. The smallest absolute Gasteiger partial charge is 0.303 e. The Morgan fingerprint density at radius 2 is 1.89 bits per heavy atom. The van der Waals surface area contributed by atoms with Gasteiger partial charge in [0.15, 0.2) is 6.10 Å². The van der Waals surface area contributed by atoms with Gasteiger partial charge in [-0.2, -0.15) is 0 Å². The molecular formula is C13H14O5. The average Bonchev–Trinajstić information content (AvgIpc) is 3.01. The molecule has 18 heavy (non-hydrogen) atoms. The summed E-state index contributed by atoms with van der Waals surface area (Å²) in [6.45, 7) is 1.31. The molecule has 0 fully saturated rings. The summed E-state index contributed by atoms with van der Waals surface area (Å²) in [5.41, 5.74) is 0. The van der Waals surface area contributed by atoms with Crippen molar-refractivity contribution >= 4 is 5.97 Å². The summed E-state index contributed by atoms with van der Waals surface area (Å²) in [5.74, 6) is 0.498. The van der Waals surface area contributed by atoms with Crippen LogP contribution in [0.3, 0.4) is 0 Å². The summed E-state index contributed by atoms with van der Waals surface area (Å²) in [6.07, 6.45) is 1.67. The van der Waals surface area contributed by atoms with Crippen LogP contribution in [0.25, 0.3) is 0 Å². The molecule has 0 aliphatic rings. The summed E-state index contributed by atoms with van der Waals surface area (Å²) >= 11 is 0. The first-order valence-corrected chi connectivity index (χ1v) is 5.59. The monoisotopic (exact) mass is 250 g/mol. The maximum atomic E-state index is 11.0. The highest BCUT2D eigenvalue weighted by Gasteiger charge is 2.23. The van der Waals surface area contributed by atoms with Crippen molar-refractivity contribution in [2.75, 3.05) is 0 Å². The van der Waals surface area contributed by atoms with Crippen LogP contribution in [0.1, 0.15) is 37.1 Å². The van der Waals surface area contributed by atoms with Gasteiger partial charge in [-0.25, -0.2) is 0 Å². The molecule has 0 amide bonds. The standard InChI is InChI=1S/C13H14O5/c1-9(14)18-13(12-5-3-7-17-12)8-10(15)11-4-2-6-16-11/h2-7,10,13,15H,8H2,1H3/t10-,13-/m1/s1. The number of rotatable bonds is 5. The lowest BCUT2D eigenvalue weighted by Crippen LogP contribution is -2.11. The molecule has 96 valence electrons. The molecular weight excluding hydrogens is 236 g/mol. The van der Waals surface area contributed by atoms with Crippen molar-refractivity contribution in [3.63, 3.8) is 0 Å². The highest BCUT2D eigenvalue weighted by Crippen LogP contribution is 2.29. The zero-order valence-electron chi connectivity index (χ0n) is 9.91. The topological polar surface area (TPSA) is 72.8 Å². The second-order valence-corrected chi connectivity index (χ2v) is 3.88. The zero-order valence-corrected chi connectivity index (χ0v) is 9.91. The summed E-state index contributed by atoms with van der Waals surface area (Å²) in [6, 6.07) is 6.75. The number of esters is 1. The van der Waals surface area contributed by atoms with Crippen LogP contribution in [0, 0.1) is 0 Å². The van der Waals surface area contributed by atoms with Gasteiger partial charge in [-0.1, -0.05) is 0 Å². The third-order valence-corrected chi connectivity index (χ3v) is 2.48. The molecule has 0 radical (unpaired) electrons. The van der Waals surface area contributed by atoms with Crippen molar-refractivity contribution in [2.45, 2.75) is 25.6 Å². The molecule has 1 N–H and O–H groups in total. The zero-order chi connectivity index (χ0) is 13.0. The summed E-state index contributed by atoms with van der Waals surface area (Å²) in [4.78, 5) is 11.0. The van der Waals surface area contributed by atoms with Crippen LogP contribution in [0.15, 0.2) is 45.6 Å². The molecule has 0 bridgehead atoms. The lowest BCUT2D eigenvalue weighted by molar-refractivity contribution is -0.149. The van der Waals surface area contributed by atoms with Gasteiger partial charge in [0.1, 0.15) is 17.6 Å². The first-order chi connectivity index (χ1) is 8.66. The van der Waals surface area contributed by atoms with Crippen molar-refractivity contribution in [3.8, 4) is 0 Å². The summed E-state index contributed by atoms with van der Waals surface area (Å²) in [5, 5.41) is 9.96. The molecule has 0 unspecified atom stereocenters. The van der Waals surface area contributed by atoms with E-state index in [9.17, 15) is 9.90 Å². The van der Waals surface area contributed by atoms with Crippen molar-refractivity contribution in [3.05, 3.63) is 48.3 Å². The van der Waals surface area contributed by atoms with Crippen LogP contribution in [0.4, 0.5) is 0 Å². The Morgan fingerprint density at radius 3 is 2.39 bits per heavy atom. The Kier molecular flexibility index (Phi) is 3.84.